The van der Waals surface area contributed by atoms with Crippen LogP contribution in [0, 0.1) is 0 Å². The van der Waals surface area contributed by atoms with Crippen LogP contribution in [-0.4, -0.2) is 27.2 Å². The normalized spacial score (nSPS) is 10.2. The molecule has 0 bridgehead atoms. The molecule has 0 atom stereocenters. The molecule has 5 heteroatoms. The van der Waals surface area contributed by atoms with Crippen LogP contribution in [0.2, 0.25) is 0 Å². The summed E-state index contributed by atoms with van der Waals surface area (Å²) in [6, 6.07) is 0. The molecule has 0 spiro atoms. The number of rotatable bonds is 3. The highest BCUT2D eigenvalue weighted by Gasteiger charge is 2.10. The molecule has 0 aliphatic heterocycles. The first-order valence-corrected chi connectivity index (χ1v) is 3.60. The first-order valence-electron chi connectivity index (χ1n) is 3.60. The average molecular weight is 169 g/mol. The van der Waals surface area contributed by atoms with Crippen molar-refractivity contribution in [2.45, 2.75) is 6.42 Å². The van der Waals surface area contributed by atoms with Gasteiger partial charge in [-0.3, -0.25) is 0 Å². The third kappa shape index (κ3) is 1.62. The van der Waals surface area contributed by atoms with Crippen LogP contribution in [0.25, 0.3) is 0 Å². The zero-order valence-corrected chi connectivity index (χ0v) is 6.82. The number of aromatic nitrogens is 2. The molecule has 1 aromatic rings. The van der Waals surface area contributed by atoms with E-state index < -0.39 is 5.97 Å². The topological polar surface area (TPSA) is 81.1 Å². The van der Waals surface area contributed by atoms with Crippen LogP contribution in [0.15, 0.2) is 6.20 Å². The quantitative estimate of drug-likeness (QED) is 0.646. The maximum Gasteiger partial charge on any atom is 0.372 e. The van der Waals surface area contributed by atoms with Crippen LogP contribution < -0.4 is 5.73 Å². The fourth-order valence-corrected chi connectivity index (χ4v) is 0.995. The van der Waals surface area contributed by atoms with Gasteiger partial charge in [-0.05, 0) is 6.54 Å². The Balaban J connectivity index is 2.92. The molecule has 12 heavy (non-hydrogen) atoms. The molecule has 0 fully saturated rings. The molecular formula is C7H11N3O2. The van der Waals surface area contributed by atoms with Gasteiger partial charge in [0, 0.05) is 19.7 Å². The Morgan fingerprint density at radius 1 is 1.83 bits per heavy atom. The molecule has 0 aromatic carbocycles. The van der Waals surface area contributed by atoms with Crippen LogP contribution >= 0.6 is 0 Å². The highest BCUT2D eigenvalue weighted by atomic mass is 16.4. The van der Waals surface area contributed by atoms with Crippen LogP contribution in [0.5, 0.6) is 0 Å². The minimum Gasteiger partial charge on any atom is -0.475 e. The van der Waals surface area contributed by atoms with Crippen LogP contribution in [0.3, 0.4) is 0 Å². The summed E-state index contributed by atoms with van der Waals surface area (Å²) in [5.41, 5.74) is 6.02. The number of carboxylic acid groups (broad SMARTS) is 1. The van der Waals surface area contributed by atoms with Gasteiger partial charge in [-0.1, -0.05) is 0 Å². The van der Waals surface area contributed by atoms with Crippen LogP contribution in [-0.2, 0) is 13.5 Å². The Bertz CT molecular complexity index is 293. The molecule has 66 valence electrons. The summed E-state index contributed by atoms with van der Waals surface area (Å²) in [6.07, 6.45) is 2.29. The van der Waals surface area contributed by atoms with Gasteiger partial charge >= 0.3 is 5.97 Å². The van der Waals surface area contributed by atoms with Crippen molar-refractivity contribution in [1.29, 1.82) is 0 Å². The van der Waals surface area contributed by atoms with E-state index in [1.807, 2.05) is 0 Å². The van der Waals surface area contributed by atoms with E-state index >= 15 is 0 Å². The Morgan fingerprint density at radius 2 is 2.50 bits per heavy atom. The molecule has 5 nitrogen and oxygen atoms in total. The highest BCUT2D eigenvalue weighted by molar-refractivity contribution is 5.83. The van der Waals surface area contributed by atoms with Crippen LogP contribution in [0.1, 0.15) is 16.3 Å². The highest BCUT2D eigenvalue weighted by Crippen LogP contribution is 2.01. The Hall–Kier alpha value is -1.36. The van der Waals surface area contributed by atoms with Gasteiger partial charge < -0.3 is 15.4 Å². The molecule has 0 aliphatic carbocycles. The third-order valence-corrected chi connectivity index (χ3v) is 1.52. The second-order valence-corrected chi connectivity index (χ2v) is 2.51. The number of nitrogens with two attached hydrogens (primary N) is 1. The summed E-state index contributed by atoms with van der Waals surface area (Å²) in [5, 5.41) is 8.63. The van der Waals surface area contributed by atoms with E-state index in [9.17, 15) is 4.79 Å². The van der Waals surface area contributed by atoms with Gasteiger partial charge in [0.15, 0.2) is 0 Å². The predicted molar refractivity (Wildman–Crippen MR) is 42.9 cm³/mol. The molecule has 3 N–H and O–H groups in total. The number of nitrogens with zero attached hydrogens (tertiary/aromatic N) is 2. The first-order chi connectivity index (χ1) is 5.65. The minimum absolute atomic E-state index is 0.0541. The monoisotopic (exact) mass is 169 g/mol. The molecule has 1 heterocycles. The van der Waals surface area contributed by atoms with Gasteiger partial charge in [0.05, 0.1) is 5.69 Å². The van der Waals surface area contributed by atoms with E-state index in [4.69, 9.17) is 10.8 Å². The van der Waals surface area contributed by atoms with Crippen LogP contribution in [0.4, 0.5) is 0 Å². The smallest absolute Gasteiger partial charge is 0.372 e. The van der Waals surface area contributed by atoms with Crippen molar-refractivity contribution in [3.05, 3.63) is 17.7 Å². The van der Waals surface area contributed by atoms with Gasteiger partial charge in [-0.15, -0.1) is 0 Å². The van der Waals surface area contributed by atoms with Crippen molar-refractivity contribution in [2.75, 3.05) is 6.54 Å². The van der Waals surface area contributed by atoms with E-state index in [1.54, 1.807) is 13.2 Å². The minimum atomic E-state index is -1.01. The first kappa shape index (κ1) is 8.73. The lowest BCUT2D eigenvalue weighted by atomic mass is 10.3. The summed E-state index contributed by atoms with van der Waals surface area (Å²) in [5.74, 6) is -0.959. The van der Waals surface area contributed by atoms with Crippen molar-refractivity contribution in [3.8, 4) is 0 Å². The van der Waals surface area contributed by atoms with Gasteiger partial charge in [-0.2, -0.15) is 0 Å². The maximum absolute atomic E-state index is 10.5. The molecule has 0 saturated carbocycles. The summed E-state index contributed by atoms with van der Waals surface area (Å²) < 4.78 is 1.48. The van der Waals surface area contributed by atoms with Gasteiger partial charge in [0.1, 0.15) is 0 Å². The van der Waals surface area contributed by atoms with E-state index in [2.05, 4.69) is 4.98 Å². The third-order valence-electron chi connectivity index (χ3n) is 1.52. The Labute approximate surface area is 69.8 Å². The molecule has 0 amide bonds. The lowest BCUT2D eigenvalue weighted by molar-refractivity contribution is 0.0679. The lowest BCUT2D eigenvalue weighted by Crippen LogP contribution is -2.05. The van der Waals surface area contributed by atoms with Gasteiger partial charge in [0.25, 0.3) is 0 Å². The second kappa shape index (κ2) is 3.36. The Kier molecular flexibility index (Phi) is 2.44. The fourth-order valence-electron chi connectivity index (χ4n) is 0.995. The average Bonchev–Trinajstić information content (AvgIpc) is 2.32. The van der Waals surface area contributed by atoms with Gasteiger partial charge in [-0.25, -0.2) is 9.78 Å². The summed E-state index contributed by atoms with van der Waals surface area (Å²) in [4.78, 5) is 14.4. The van der Waals surface area contributed by atoms with E-state index in [0.717, 1.165) is 5.69 Å². The van der Waals surface area contributed by atoms with Crippen molar-refractivity contribution in [1.82, 2.24) is 9.55 Å². The number of carbonyl (C=O) groups is 1. The van der Waals surface area contributed by atoms with E-state index in [0.29, 0.717) is 13.0 Å². The molecule has 1 rings (SSSR count). The zero-order chi connectivity index (χ0) is 9.14. The second-order valence-electron chi connectivity index (χ2n) is 2.51. The number of aromatic carboxylic acids is 1. The fraction of sp³-hybridized carbons (Fsp3) is 0.429. The predicted octanol–water partition coefficient (Wildman–Crippen LogP) is -0.381. The molecule has 0 radical (unpaired) electrons. The summed E-state index contributed by atoms with van der Waals surface area (Å²) in [6.45, 7) is 0.482. The molecule has 1 aromatic heterocycles. The Morgan fingerprint density at radius 3 is 2.92 bits per heavy atom. The number of imidazole rings is 1. The number of hydrogen-bond acceptors (Lipinski definition) is 3. The van der Waals surface area contributed by atoms with Crippen molar-refractivity contribution >= 4 is 5.97 Å². The summed E-state index contributed by atoms with van der Waals surface area (Å²) >= 11 is 0. The molecule has 0 unspecified atom stereocenters. The largest absolute Gasteiger partial charge is 0.475 e. The molecule has 0 saturated heterocycles. The molecule has 0 aliphatic rings. The van der Waals surface area contributed by atoms with Crippen molar-refractivity contribution < 1.29 is 9.90 Å². The molecular weight excluding hydrogens is 158 g/mol. The van der Waals surface area contributed by atoms with E-state index in [-0.39, 0.29) is 5.82 Å². The SMILES string of the molecule is Cn1cc(CCN)nc1C(=O)O. The maximum atomic E-state index is 10.5. The zero-order valence-electron chi connectivity index (χ0n) is 6.82. The van der Waals surface area contributed by atoms with Crippen molar-refractivity contribution in [2.24, 2.45) is 12.8 Å². The number of hydrogen-bond donors (Lipinski definition) is 2. The lowest BCUT2D eigenvalue weighted by Gasteiger charge is -1.90. The number of aryl methyl sites for hydroxylation is 1. The standard InChI is InChI=1S/C7H11N3O2/c1-10-4-5(2-3-8)9-6(10)7(11)12/h4H,2-3,8H2,1H3,(H,11,12). The van der Waals surface area contributed by atoms with Crippen molar-refractivity contribution in [3.63, 3.8) is 0 Å². The van der Waals surface area contributed by atoms with E-state index in [1.165, 1.54) is 4.57 Å². The summed E-state index contributed by atoms with van der Waals surface area (Å²) in [7, 11) is 1.65. The van der Waals surface area contributed by atoms with Gasteiger partial charge in [0.2, 0.25) is 5.82 Å². The number of carboxylic acids is 1.